The second kappa shape index (κ2) is 4.82. The van der Waals surface area contributed by atoms with Crippen LogP contribution in [0.15, 0.2) is 34.6 Å². The summed E-state index contributed by atoms with van der Waals surface area (Å²) in [6, 6.07) is 7.88. The van der Waals surface area contributed by atoms with Crippen molar-refractivity contribution in [3.8, 4) is 0 Å². The lowest BCUT2D eigenvalue weighted by Gasteiger charge is -2.03. The first-order valence-electron chi connectivity index (χ1n) is 5.59. The van der Waals surface area contributed by atoms with Crippen LogP contribution in [0.25, 0.3) is 6.08 Å². The molecule has 1 heterocycles. The van der Waals surface area contributed by atoms with E-state index in [4.69, 9.17) is 0 Å². The molecule has 0 aliphatic heterocycles. The van der Waals surface area contributed by atoms with Gasteiger partial charge in [0.05, 0.1) is 10.6 Å². The van der Waals surface area contributed by atoms with Gasteiger partial charge < -0.3 is 5.32 Å². The Morgan fingerprint density at radius 1 is 1.22 bits per heavy atom. The molecule has 1 aromatic carbocycles. The Morgan fingerprint density at radius 2 is 2.00 bits per heavy atom. The van der Waals surface area contributed by atoms with Crippen molar-refractivity contribution >= 4 is 44.2 Å². The lowest BCUT2D eigenvalue weighted by atomic mass is 10.1. The number of anilines is 2. The highest BCUT2D eigenvalue weighted by atomic mass is 79.9. The lowest BCUT2D eigenvalue weighted by Crippen LogP contribution is -1.95. The van der Waals surface area contributed by atoms with E-state index in [1.54, 1.807) is 6.08 Å². The Hall–Kier alpha value is -1.20. The van der Waals surface area contributed by atoms with Crippen molar-refractivity contribution in [2.45, 2.75) is 12.8 Å². The van der Waals surface area contributed by atoms with Gasteiger partial charge in [0.25, 0.3) is 0 Å². The van der Waals surface area contributed by atoms with Crippen LogP contribution in [0, 0.1) is 0 Å². The Labute approximate surface area is 117 Å². The van der Waals surface area contributed by atoms with Crippen LogP contribution in [0.5, 0.6) is 0 Å². The number of nitrogens with zero attached hydrogens (tertiary/aromatic N) is 1. The SMILES string of the molecule is FC1=Cc2sc(Nc3ccc(Br)cc3)nc2CC1. The average Bonchev–Trinajstić information content (AvgIpc) is 2.73. The van der Waals surface area contributed by atoms with E-state index in [0.29, 0.717) is 12.8 Å². The molecule has 0 spiro atoms. The largest absolute Gasteiger partial charge is 0.332 e. The molecule has 1 N–H and O–H groups in total. The van der Waals surface area contributed by atoms with Crippen molar-refractivity contribution in [3.05, 3.63) is 45.1 Å². The van der Waals surface area contributed by atoms with E-state index >= 15 is 0 Å². The predicted molar refractivity (Wildman–Crippen MR) is 76.9 cm³/mol. The highest BCUT2D eigenvalue weighted by Gasteiger charge is 2.15. The maximum atomic E-state index is 13.2. The third-order valence-electron chi connectivity index (χ3n) is 2.71. The number of fused-ring (bicyclic) bond motifs is 1. The predicted octanol–water partition coefficient (Wildman–Crippen LogP) is 4.91. The fraction of sp³-hybridized carbons (Fsp3) is 0.154. The molecule has 2 nitrogen and oxygen atoms in total. The van der Waals surface area contributed by atoms with E-state index in [0.717, 1.165) is 25.9 Å². The summed E-state index contributed by atoms with van der Waals surface area (Å²) >= 11 is 4.88. The second-order valence-corrected chi connectivity index (χ2v) is 6.00. The molecule has 1 aliphatic rings. The molecule has 0 radical (unpaired) electrons. The van der Waals surface area contributed by atoms with Crippen LogP contribution in [-0.4, -0.2) is 4.98 Å². The van der Waals surface area contributed by atoms with Crippen LogP contribution in [0.2, 0.25) is 0 Å². The van der Waals surface area contributed by atoms with E-state index in [1.165, 1.54) is 11.3 Å². The average molecular weight is 325 g/mol. The molecule has 0 saturated heterocycles. The minimum atomic E-state index is -0.0543. The monoisotopic (exact) mass is 324 g/mol. The Balaban J connectivity index is 1.84. The highest BCUT2D eigenvalue weighted by molar-refractivity contribution is 9.10. The van der Waals surface area contributed by atoms with Gasteiger partial charge in [-0.15, -0.1) is 0 Å². The summed E-state index contributed by atoms with van der Waals surface area (Å²) in [7, 11) is 0. The number of benzene rings is 1. The Morgan fingerprint density at radius 3 is 2.78 bits per heavy atom. The molecular formula is C13H10BrFN2S. The molecule has 92 valence electrons. The number of rotatable bonds is 2. The first-order chi connectivity index (χ1) is 8.70. The third kappa shape index (κ3) is 2.47. The molecule has 0 saturated carbocycles. The molecule has 1 aliphatic carbocycles. The van der Waals surface area contributed by atoms with Gasteiger partial charge in [-0.3, -0.25) is 0 Å². The van der Waals surface area contributed by atoms with Crippen molar-refractivity contribution in [1.82, 2.24) is 4.98 Å². The van der Waals surface area contributed by atoms with Crippen LogP contribution in [-0.2, 0) is 6.42 Å². The number of halogens is 2. The van der Waals surface area contributed by atoms with Crippen molar-refractivity contribution in [2.75, 3.05) is 5.32 Å². The molecule has 5 heteroatoms. The summed E-state index contributed by atoms with van der Waals surface area (Å²) in [5, 5.41) is 4.05. The fourth-order valence-electron chi connectivity index (χ4n) is 1.82. The van der Waals surface area contributed by atoms with Crippen molar-refractivity contribution in [3.63, 3.8) is 0 Å². The molecule has 3 rings (SSSR count). The van der Waals surface area contributed by atoms with Crippen molar-refractivity contribution in [2.24, 2.45) is 0 Å². The molecule has 0 amide bonds. The van der Waals surface area contributed by atoms with Gasteiger partial charge in [-0.2, -0.15) is 0 Å². The minimum Gasteiger partial charge on any atom is -0.332 e. The molecule has 0 atom stereocenters. The van der Waals surface area contributed by atoms with Gasteiger partial charge in [-0.1, -0.05) is 27.3 Å². The van der Waals surface area contributed by atoms with E-state index in [2.05, 4.69) is 26.2 Å². The van der Waals surface area contributed by atoms with Gasteiger partial charge >= 0.3 is 0 Å². The topological polar surface area (TPSA) is 24.9 Å². The van der Waals surface area contributed by atoms with Crippen LogP contribution in [0.4, 0.5) is 15.2 Å². The smallest absolute Gasteiger partial charge is 0.187 e. The molecule has 2 aromatic rings. The quantitative estimate of drug-likeness (QED) is 0.849. The van der Waals surface area contributed by atoms with Crippen molar-refractivity contribution < 1.29 is 4.39 Å². The number of allylic oxidation sites excluding steroid dienone is 1. The number of aryl methyl sites for hydroxylation is 1. The number of nitrogens with one attached hydrogen (secondary N) is 1. The first-order valence-corrected chi connectivity index (χ1v) is 7.20. The Bertz CT molecular complexity index is 604. The summed E-state index contributed by atoms with van der Waals surface area (Å²) in [6.07, 6.45) is 2.74. The lowest BCUT2D eigenvalue weighted by molar-refractivity contribution is 0.589. The molecule has 0 unspecified atom stereocenters. The van der Waals surface area contributed by atoms with Crippen LogP contribution in [0.3, 0.4) is 0 Å². The molecule has 0 bridgehead atoms. The zero-order valence-corrected chi connectivity index (χ0v) is 11.8. The highest BCUT2D eigenvalue weighted by Crippen LogP contribution is 2.33. The van der Waals surface area contributed by atoms with E-state index in [-0.39, 0.29) is 5.83 Å². The zero-order valence-electron chi connectivity index (χ0n) is 9.41. The third-order valence-corrected chi connectivity index (χ3v) is 4.20. The van der Waals surface area contributed by atoms with E-state index in [1.807, 2.05) is 24.3 Å². The first kappa shape index (κ1) is 11.9. The van der Waals surface area contributed by atoms with Crippen LogP contribution < -0.4 is 5.32 Å². The molecule has 18 heavy (non-hydrogen) atoms. The van der Waals surface area contributed by atoms with Crippen LogP contribution >= 0.6 is 27.3 Å². The fourth-order valence-corrected chi connectivity index (χ4v) is 3.07. The Kier molecular flexibility index (Phi) is 3.18. The number of thiazole rings is 1. The van der Waals surface area contributed by atoms with Gasteiger partial charge in [-0.25, -0.2) is 9.37 Å². The maximum absolute atomic E-state index is 13.2. The molecular weight excluding hydrogens is 315 g/mol. The summed E-state index contributed by atoms with van der Waals surface area (Å²) in [5.41, 5.74) is 1.97. The number of hydrogen-bond acceptors (Lipinski definition) is 3. The van der Waals surface area contributed by atoms with E-state index < -0.39 is 0 Å². The normalized spacial score (nSPS) is 14.0. The summed E-state index contributed by atoms with van der Waals surface area (Å²) < 4.78 is 14.2. The second-order valence-electron chi connectivity index (χ2n) is 4.05. The van der Waals surface area contributed by atoms with E-state index in [9.17, 15) is 4.39 Å². The summed E-state index contributed by atoms with van der Waals surface area (Å²) in [4.78, 5) is 5.42. The van der Waals surface area contributed by atoms with Crippen molar-refractivity contribution in [1.29, 1.82) is 0 Å². The molecule has 0 fully saturated rings. The van der Waals surface area contributed by atoms with Gasteiger partial charge in [0, 0.05) is 16.6 Å². The van der Waals surface area contributed by atoms with Gasteiger partial charge in [0.2, 0.25) is 0 Å². The van der Waals surface area contributed by atoms with Gasteiger partial charge in [0.1, 0.15) is 5.83 Å². The minimum absolute atomic E-state index is 0.0543. The number of aromatic nitrogens is 1. The maximum Gasteiger partial charge on any atom is 0.187 e. The summed E-state index contributed by atoms with van der Waals surface area (Å²) in [6.45, 7) is 0. The van der Waals surface area contributed by atoms with Gasteiger partial charge in [0.15, 0.2) is 5.13 Å². The summed E-state index contributed by atoms with van der Waals surface area (Å²) in [5.74, 6) is -0.0543. The van der Waals surface area contributed by atoms with Crippen LogP contribution in [0.1, 0.15) is 17.0 Å². The standard InChI is InChI=1S/C13H10BrFN2S/c14-8-1-4-10(5-2-8)16-13-17-11-6-3-9(15)7-12(11)18-13/h1-2,4-5,7H,3,6H2,(H,16,17). The molecule has 1 aromatic heterocycles. The zero-order chi connectivity index (χ0) is 12.5. The van der Waals surface area contributed by atoms with Gasteiger partial charge in [-0.05, 0) is 36.8 Å². The number of hydrogen-bond donors (Lipinski definition) is 1.